The predicted molar refractivity (Wildman–Crippen MR) is 176 cm³/mol. The molecule has 0 spiro atoms. The lowest BCUT2D eigenvalue weighted by Crippen LogP contribution is -2.43. The maximum atomic E-state index is 12.3. The van der Waals surface area contributed by atoms with Crippen LogP contribution in [0.15, 0.2) is 64.0 Å². The smallest absolute Gasteiger partial charge is 0.282 e. The summed E-state index contributed by atoms with van der Waals surface area (Å²) in [6, 6.07) is 17.1. The van der Waals surface area contributed by atoms with Crippen molar-refractivity contribution in [1.82, 2.24) is 24.9 Å². The molecule has 238 valence electrons. The molecule has 3 fully saturated rings. The molecule has 3 aromatic rings. The van der Waals surface area contributed by atoms with Gasteiger partial charge in [-0.15, -0.1) is 0 Å². The fourth-order valence-electron chi connectivity index (χ4n) is 6.82. The molecule has 2 N–H and O–H groups in total. The van der Waals surface area contributed by atoms with E-state index in [0.29, 0.717) is 23.2 Å². The molecule has 0 bridgehead atoms. The number of carbonyl (C=O) groups excluding carboxylic acids is 2. The fourth-order valence-corrected chi connectivity index (χ4v) is 7.29. The van der Waals surface area contributed by atoms with Gasteiger partial charge in [0.2, 0.25) is 11.8 Å². The number of benzene rings is 2. The summed E-state index contributed by atoms with van der Waals surface area (Å²) in [6.45, 7) is 4.79. The second kappa shape index (κ2) is 13.8. The van der Waals surface area contributed by atoms with Crippen molar-refractivity contribution in [2.45, 2.75) is 62.6 Å². The molecule has 3 saturated heterocycles. The number of amides is 2. The van der Waals surface area contributed by atoms with Crippen LogP contribution in [0.4, 0.5) is 5.69 Å². The quantitative estimate of drug-likeness (QED) is 0.345. The largest absolute Gasteiger partial charge is 0.490 e. The van der Waals surface area contributed by atoms with Crippen LogP contribution in [0.25, 0.3) is 0 Å². The summed E-state index contributed by atoms with van der Waals surface area (Å²) in [5, 5.41) is 10.1. The van der Waals surface area contributed by atoms with Gasteiger partial charge in [0.1, 0.15) is 16.3 Å². The van der Waals surface area contributed by atoms with Gasteiger partial charge >= 0.3 is 0 Å². The summed E-state index contributed by atoms with van der Waals surface area (Å²) >= 11 is 3.44. The molecule has 2 amide bonds. The van der Waals surface area contributed by atoms with Crippen LogP contribution < -0.4 is 20.9 Å². The van der Waals surface area contributed by atoms with E-state index in [-0.39, 0.29) is 35.4 Å². The number of likely N-dealkylation sites (N-methyl/N-ethyl adjacent to an activating group) is 1. The number of hydrogen-bond donors (Lipinski definition) is 2. The van der Waals surface area contributed by atoms with E-state index in [1.165, 1.54) is 15.8 Å². The van der Waals surface area contributed by atoms with Gasteiger partial charge in [0, 0.05) is 52.2 Å². The molecule has 6 rings (SSSR count). The number of imide groups is 1. The van der Waals surface area contributed by atoms with Gasteiger partial charge in [-0.1, -0.05) is 36.4 Å². The predicted octanol–water partition coefficient (Wildman–Crippen LogP) is 4.01. The Hall–Kier alpha value is -3.54. The van der Waals surface area contributed by atoms with Crippen LogP contribution in [0.1, 0.15) is 60.6 Å². The zero-order chi connectivity index (χ0) is 31.5. The van der Waals surface area contributed by atoms with Gasteiger partial charge < -0.3 is 15.0 Å². The highest BCUT2D eigenvalue weighted by Gasteiger charge is 2.29. The summed E-state index contributed by atoms with van der Waals surface area (Å²) in [6.07, 6.45) is 5.73. The molecule has 45 heavy (non-hydrogen) atoms. The van der Waals surface area contributed by atoms with Crippen molar-refractivity contribution in [1.29, 1.82) is 0 Å². The lowest BCUT2D eigenvalue weighted by atomic mass is 9.87. The number of ether oxygens (including phenoxy) is 1. The zero-order valence-electron chi connectivity index (χ0n) is 25.9. The van der Waals surface area contributed by atoms with E-state index in [2.05, 4.69) is 72.8 Å². The number of likely N-dealkylation sites (tertiary alicyclic amines) is 2. The van der Waals surface area contributed by atoms with Gasteiger partial charge in [-0.25, -0.2) is 4.68 Å². The van der Waals surface area contributed by atoms with Crippen LogP contribution in [-0.2, 0) is 23.2 Å². The number of nitrogens with zero attached hydrogens (tertiary/aromatic N) is 4. The molecule has 0 saturated carbocycles. The minimum atomic E-state index is -0.273. The van der Waals surface area contributed by atoms with Crippen molar-refractivity contribution >= 4 is 33.4 Å². The number of halogens is 1. The van der Waals surface area contributed by atoms with Crippen LogP contribution in [0.2, 0.25) is 0 Å². The number of nitrogens with one attached hydrogen (secondary N) is 2. The molecule has 1 aromatic heterocycles. The van der Waals surface area contributed by atoms with E-state index >= 15 is 0 Å². The number of aryl methyl sites for hydroxylation is 1. The minimum Gasteiger partial charge on any atom is -0.490 e. The Morgan fingerprint density at radius 3 is 2.38 bits per heavy atom. The van der Waals surface area contributed by atoms with Crippen molar-refractivity contribution in [2.75, 3.05) is 38.5 Å². The zero-order valence-corrected chi connectivity index (χ0v) is 27.5. The first-order chi connectivity index (χ1) is 21.7. The van der Waals surface area contributed by atoms with Gasteiger partial charge in [0.25, 0.3) is 5.56 Å². The van der Waals surface area contributed by atoms with Crippen LogP contribution in [0.5, 0.6) is 5.75 Å². The standard InChI is InChI=1S/C34H41BrN6O4/c1-39-20-25(17-26(21-39)37-30-18-36-40(2)34(44)32(30)35)23-5-3-22(4-6-23)19-41-15-13-28(14-16-41)45-27-9-7-24(8-10-27)29-11-12-31(42)38-33(29)43/h3-10,18,25-26,28-29,37H,11-17,19-21H2,1-2H3,(H,38,42,43). The monoisotopic (exact) mass is 676 g/mol. The molecule has 3 atom stereocenters. The second-order valence-electron chi connectivity index (χ2n) is 12.7. The van der Waals surface area contributed by atoms with Crippen molar-refractivity contribution in [3.63, 3.8) is 0 Å². The summed E-state index contributed by atoms with van der Waals surface area (Å²) in [5.41, 5.74) is 4.17. The normalized spacial score (nSPS) is 23.5. The van der Waals surface area contributed by atoms with Gasteiger partial charge in [-0.05, 0) is 83.4 Å². The van der Waals surface area contributed by atoms with Crippen molar-refractivity contribution in [3.8, 4) is 5.75 Å². The van der Waals surface area contributed by atoms with E-state index < -0.39 is 0 Å². The lowest BCUT2D eigenvalue weighted by molar-refractivity contribution is -0.134. The van der Waals surface area contributed by atoms with E-state index in [4.69, 9.17) is 4.74 Å². The molecular formula is C34H41BrN6O4. The molecule has 3 aliphatic rings. The Bertz CT molecular complexity index is 1570. The first-order valence-electron chi connectivity index (χ1n) is 15.8. The van der Waals surface area contributed by atoms with Gasteiger partial charge in [-0.3, -0.25) is 24.6 Å². The molecule has 2 aromatic carbocycles. The summed E-state index contributed by atoms with van der Waals surface area (Å²) in [5.74, 6) is 0.545. The molecule has 0 aliphatic carbocycles. The van der Waals surface area contributed by atoms with Gasteiger partial charge in [-0.2, -0.15) is 5.10 Å². The lowest BCUT2D eigenvalue weighted by Gasteiger charge is -2.37. The average Bonchev–Trinajstić information content (AvgIpc) is 3.03. The number of carbonyl (C=O) groups is 2. The SMILES string of the molecule is CN1CC(Nc2cnn(C)c(=O)c2Br)CC(c2ccc(CN3CCC(Oc4ccc(C5CCC(=O)NC5=O)cc4)CC3)cc2)C1. The highest BCUT2D eigenvalue weighted by atomic mass is 79.9. The molecular weight excluding hydrogens is 636 g/mol. The van der Waals surface area contributed by atoms with E-state index in [0.717, 1.165) is 69.0 Å². The molecule has 3 aliphatic heterocycles. The van der Waals surface area contributed by atoms with Crippen LogP contribution in [0, 0.1) is 0 Å². The first kappa shape index (κ1) is 31.4. The number of aromatic nitrogens is 2. The Morgan fingerprint density at radius 1 is 0.956 bits per heavy atom. The summed E-state index contributed by atoms with van der Waals surface area (Å²) < 4.78 is 8.13. The van der Waals surface area contributed by atoms with Crippen molar-refractivity contribution in [3.05, 3.63) is 86.2 Å². The maximum Gasteiger partial charge on any atom is 0.282 e. The number of piperidine rings is 3. The Morgan fingerprint density at radius 2 is 1.67 bits per heavy atom. The fraction of sp³-hybridized carbons (Fsp3) is 0.471. The summed E-state index contributed by atoms with van der Waals surface area (Å²) in [7, 11) is 3.80. The van der Waals surface area contributed by atoms with Gasteiger partial charge in [0.05, 0.1) is 17.8 Å². The molecule has 4 heterocycles. The number of hydrogen-bond acceptors (Lipinski definition) is 8. The van der Waals surface area contributed by atoms with Crippen LogP contribution in [0.3, 0.4) is 0 Å². The summed E-state index contributed by atoms with van der Waals surface area (Å²) in [4.78, 5) is 40.8. The maximum absolute atomic E-state index is 12.3. The molecule has 3 unspecified atom stereocenters. The highest BCUT2D eigenvalue weighted by molar-refractivity contribution is 9.10. The van der Waals surface area contributed by atoms with E-state index in [1.807, 2.05) is 24.3 Å². The third kappa shape index (κ3) is 7.65. The second-order valence-corrected chi connectivity index (χ2v) is 13.5. The average molecular weight is 678 g/mol. The Kier molecular flexibility index (Phi) is 9.67. The van der Waals surface area contributed by atoms with Crippen LogP contribution in [-0.4, -0.2) is 76.8 Å². The van der Waals surface area contributed by atoms with E-state index in [1.54, 1.807) is 13.2 Å². The minimum absolute atomic E-state index is 0.147. The number of anilines is 1. The Balaban J connectivity index is 0.973. The van der Waals surface area contributed by atoms with Crippen LogP contribution >= 0.6 is 15.9 Å². The van der Waals surface area contributed by atoms with Crippen molar-refractivity contribution < 1.29 is 14.3 Å². The first-order valence-corrected chi connectivity index (χ1v) is 16.6. The highest BCUT2D eigenvalue weighted by Crippen LogP contribution is 2.30. The third-order valence-corrected chi connectivity index (χ3v) is 10.1. The van der Waals surface area contributed by atoms with E-state index in [9.17, 15) is 14.4 Å². The third-order valence-electron chi connectivity index (χ3n) is 9.29. The molecule has 11 heteroatoms. The van der Waals surface area contributed by atoms with Crippen molar-refractivity contribution in [2.24, 2.45) is 7.05 Å². The molecule has 10 nitrogen and oxygen atoms in total. The van der Waals surface area contributed by atoms with Gasteiger partial charge in [0.15, 0.2) is 0 Å². The topological polar surface area (TPSA) is 109 Å². The molecule has 0 radical (unpaired) electrons. The Labute approximate surface area is 272 Å². The number of rotatable bonds is 8.